The zero-order valence-electron chi connectivity index (χ0n) is 14.6. The second-order valence-corrected chi connectivity index (χ2v) is 8.89. The van der Waals surface area contributed by atoms with Gasteiger partial charge in [0.15, 0.2) is 11.0 Å². The SMILES string of the molecule is CCOC(=O)Cc1csc(SCC2CSc3nnc(-c4ccncc4)n32)n1. The molecule has 27 heavy (non-hydrogen) atoms. The van der Waals surface area contributed by atoms with Crippen molar-refractivity contribution in [2.24, 2.45) is 0 Å². The van der Waals surface area contributed by atoms with E-state index in [0.717, 1.165) is 38.1 Å². The molecule has 4 rings (SSSR count). The first-order chi connectivity index (χ1) is 13.2. The first-order valence-electron chi connectivity index (χ1n) is 8.45. The molecule has 0 N–H and O–H groups in total. The minimum atomic E-state index is -0.234. The Morgan fingerprint density at radius 3 is 3.04 bits per heavy atom. The number of thioether (sulfide) groups is 2. The standard InChI is InChI=1S/C17H17N5O2S3/c1-2-24-14(23)7-12-8-26-17(19-12)27-10-13-9-25-16-21-20-15(22(13)16)11-3-5-18-6-4-11/h3-6,8,13H,2,7,9-10H2,1H3. The van der Waals surface area contributed by atoms with E-state index in [1.807, 2.05) is 17.5 Å². The number of carbonyl (C=O) groups is 1. The van der Waals surface area contributed by atoms with E-state index < -0.39 is 0 Å². The summed E-state index contributed by atoms with van der Waals surface area (Å²) in [5.41, 5.74) is 1.79. The fourth-order valence-corrected chi connectivity index (χ4v) is 5.91. The van der Waals surface area contributed by atoms with E-state index in [-0.39, 0.29) is 12.4 Å². The number of pyridine rings is 1. The summed E-state index contributed by atoms with van der Waals surface area (Å²) in [6, 6.07) is 4.20. The van der Waals surface area contributed by atoms with E-state index in [1.54, 1.807) is 54.2 Å². The zero-order chi connectivity index (χ0) is 18.6. The topological polar surface area (TPSA) is 82.8 Å². The number of carbonyl (C=O) groups excluding carboxylic acids is 1. The van der Waals surface area contributed by atoms with E-state index in [4.69, 9.17) is 4.74 Å². The van der Waals surface area contributed by atoms with Gasteiger partial charge < -0.3 is 4.74 Å². The molecular weight excluding hydrogens is 402 g/mol. The van der Waals surface area contributed by atoms with Crippen molar-refractivity contribution in [1.29, 1.82) is 0 Å². The lowest BCUT2D eigenvalue weighted by Crippen LogP contribution is -2.11. The van der Waals surface area contributed by atoms with Crippen LogP contribution in [0.5, 0.6) is 0 Å². The molecule has 0 bridgehead atoms. The summed E-state index contributed by atoms with van der Waals surface area (Å²) < 4.78 is 8.15. The summed E-state index contributed by atoms with van der Waals surface area (Å²) in [6.45, 7) is 2.20. The van der Waals surface area contributed by atoms with Gasteiger partial charge in [0.05, 0.1) is 24.8 Å². The predicted molar refractivity (Wildman–Crippen MR) is 106 cm³/mol. The summed E-state index contributed by atoms with van der Waals surface area (Å²) in [6.07, 6.45) is 3.76. The predicted octanol–water partition coefficient (Wildman–Crippen LogP) is 3.34. The summed E-state index contributed by atoms with van der Waals surface area (Å²) >= 11 is 5.00. The molecule has 3 aromatic heterocycles. The second-order valence-electron chi connectivity index (χ2n) is 5.77. The third-order valence-electron chi connectivity index (χ3n) is 3.93. The van der Waals surface area contributed by atoms with Crippen molar-refractivity contribution in [3.05, 3.63) is 35.6 Å². The fraction of sp³-hybridized carbons (Fsp3) is 0.353. The molecule has 0 amide bonds. The third kappa shape index (κ3) is 4.17. The number of esters is 1. The van der Waals surface area contributed by atoms with Crippen molar-refractivity contribution in [3.63, 3.8) is 0 Å². The molecule has 0 aliphatic carbocycles. The van der Waals surface area contributed by atoms with E-state index in [2.05, 4.69) is 24.7 Å². The fourth-order valence-electron chi connectivity index (χ4n) is 2.73. The Morgan fingerprint density at radius 2 is 2.22 bits per heavy atom. The average Bonchev–Trinajstić information content (AvgIpc) is 3.38. The molecule has 1 aliphatic heterocycles. The molecule has 0 radical (unpaired) electrons. The molecule has 0 fully saturated rings. The maximum atomic E-state index is 11.6. The Kier molecular flexibility index (Phi) is 5.74. The van der Waals surface area contributed by atoms with Crippen LogP contribution in [0.25, 0.3) is 11.4 Å². The first-order valence-corrected chi connectivity index (χ1v) is 11.3. The summed E-state index contributed by atoms with van der Waals surface area (Å²) in [5.74, 6) is 2.49. The van der Waals surface area contributed by atoms with Gasteiger partial charge in [-0.2, -0.15) is 0 Å². The van der Waals surface area contributed by atoms with Crippen molar-refractivity contribution < 1.29 is 9.53 Å². The molecule has 0 saturated heterocycles. The lowest BCUT2D eigenvalue weighted by molar-refractivity contribution is -0.142. The van der Waals surface area contributed by atoms with E-state index in [1.165, 1.54) is 0 Å². The molecule has 10 heteroatoms. The Bertz CT molecular complexity index is 928. The van der Waals surface area contributed by atoms with Crippen LogP contribution >= 0.6 is 34.9 Å². The smallest absolute Gasteiger partial charge is 0.311 e. The molecule has 0 spiro atoms. The highest BCUT2D eigenvalue weighted by Crippen LogP contribution is 2.39. The van der Waals surface area contributed by atoms with Crippen LogP contribution in [0.2, 0.25) is 0 Å². The van der Waals surface area contributed by atoms with Gasteiger partial charge in [-0.25, -0.2) is 4.98 Å². The van der Waals surface area contributed by atoms with Gasteiger partial charge in [-0.3, -0.25) is 14.3 Å². The van der Waals surface area contributed by atoms with Gasteiger partial charge in [0.1, 0.15) is 4.34 Å². The molecule has 1 unspecified atom stereocenters. The maximum Gasteiger partial charge on any atom is 0.311 e. The van der Waals surface area contributed by atoms with Gasteiger partial charge in [-0.1, -0.05) is 23.5 Å². The largest absolute Gasteiger partial charge is 0.466 e. The minimum absolute atomic E-state index is 0.228. The summed E-state index contributed by atoms with van der Waals surface area (Å²) in [4.78, 5) is 20.2. The molecule has 1 aliphatic rings. The molecule has 140 valence electrons. The Morgan fingerprint density at radius 1 is 1.37 bits per heavy atom. The quantitative estimate of drug-likeness (QED) is 0.426. The highest BCUT2D eigenvalue weighted by molar-refractivity contribution is 8.01. The number of nitrogens with zero attached hydrogens (tertiary/aromatic N) is 5. The van der Waals surface area contributed by atoms with E-state index in [0.29, 0.717) is 12.6 Å². The third-order valence-corrected chi connectivity index (χ3v) is 7.24. The number of hydrogen-bond acceptors (Lipinski definition) is 9. The number of rotatable bonds is 7. The lowest BCUT2D eigenvalue weighted by Gasteiger charge is -2.13. The van der Waals surface area contributed by atoms with Gasteiger partial charge in [-0.05, 0) is 19.1 Å². The summed E-state index contributed by atoms with van der Waals surface area (Å²) in [5, 5.41) is 11.6. The minimum Gasteiger partial charge on any atom is -0.466 e. The Hall–Kier alpha value is -1.91. The highest BCUT2D eigenvalue weighted by atomic mass is 32.2. The monoisotopic (exact) mass is 419 g/mol. The van der Waals surface area contributed by atoms with Crippen molar-refractivity contribution >= 4 is 40.8 Å². The van der Waals surface area contributed by atoms with Crippen LogP contribution in [-0.2, 0) is 16.0 Å². The van der Waals surface area contributed by atoms with Gasteiger partial charge >= 0.3 is 5.97 Å². The average molecular weight is 420 g/mol. The number of aromatic nitrogens is 5. The number of hydrogen-bond donors (Lipinski definition) is 0. The van der Waals surface area contributed by atoms with E-state index >= 15 is 0 Å². The summed E-state index contributed by atoms with van der Waals surface area (Å²) in [7, 11) is 0. The van der Waals surface area contributed by atoms with Crippen molar-refractivity contribution in [2.75, 3.05) is 18.1 Å². The molecular formula is C17H17N5O2S3. The number of fused-ring (bicyclic) bond motifs is 1. The van der Waals surface area contributed by atoms with Crippen LogP contribution < -0.4 is 0 Å². The van der Waals surface area contributed by atoms with Gasteiger partial charge in [0.2, 0.25) is 0 Å². The lowest BCUT2D eigenvalue weighted by atomic mass is 10.2. The number of ether oxygens (including phenoxy) is 1. The van der Waals surface area contributed by atoms with Crippen LogP contribution in [0.4, 0.5) is 0 Å². The molecule has 7 nitrogen and oxygen atoms in total. The van der Waals surface area contributed by atoms with Crippen molar-refractivity contribution in [3.8, 4) is 11.4 Å². The van der Waals surface area contributed by atoms with Crippen molar-refractivity contribution in [1.82, 2.24) is 24.7 Å². The first kappa shape index (κ1) is 18.5. The van der Waals surface area contributed by atoms with Crippen LogP contribution in [0.15, 0.2) is 39.4 Å². The Labute approximate surface area is 169 Å². The normalized spacial score (nSPS) is 15.7. The van der Waals surface area contributed by atoms with Gasteiger partial charge in [0, 0.05) is 34.8 Å². The van der Waals surface area contributed by atoms with Crippen LogP contribution in [0.3, 0.4) is 0 Å². The van der Waals surface area contributed by atoms with Gasteiger partial charge in [0.25, 0.3) is 0 Å². The molecule has 1 atom stereocenters. The molecule has 0 saturated carbocycles. The Balaban J connectivity index is 1.42. The van der Waals surface area contributed by atoms with Crippen molar-refractivity contribution in [2.45, 2.75) is 28.9 Å². The molecule has 4 heterocycles. The van der Waals surface area contributed by atoms with Crippen LogP contribution in [-0.4, -0.2) is 48.8 Å². The maximum absolute atomic E-state index is 11.6. The van der Waals surface area contributed by atoms with E-state index in [9.17, 15) is 4.79 Å². The van der Waals surface area contributed by atoms with Crippen LogP contribution in [0.1, 0.15) is 18.7 Å². The number of thiazole rings is 1. The highest BCUT2D eigenvalue weighted by Gasteiger charge is 2.28. The zero-order valence-corrected chi connectivity index (χ0v) is 17.0. The second kappa shape index (κ2) is 8.41. The molecule has 3 aromatic rings. The molecule has 0 aromatic carbocycles. The van der Waals surface area contributed by atoms with Gasteiger partial charge in [-0.15, -0.1) is 21.5 Å². The van der Waals surface area contributed by atoms with Crippen LogP contribution in [0, 0.1) is 0 Å².